The summed E-state index contributed by atoms with van der Waals surface area (Å²) in [5.74, 6) is -0.659. The third-order valence-corrected chi connectivity index (χ3v) is 3.53. The van der Waals surface area contributed by atoms with E-state index in [-0.39, 0.29) is 18.6 Å². The number of carboxylic acids is 1. The van der Waals surface area contributed by atoms with Crippen LogP contribution in [0.25, 0.3) is 0 Å². The van der Waals surface area contributed by atoms with E-state index in [1.165, 1.54) is 0 Å². The highest BCUT2D eigenvalue weighted by Gasteiger charge is 2.29. The van der Waals surface area contributed by atoms with Gasteiger partial charge < -0.3 is 19.9 Å². The molecule has 1 aliphatic rings. The molecule has 20 heavy (non-hydrogen) atoms. The number of carboxylic acid groups (broad SMARTS) is 1. The predicted octanol–water partition coefficient (Wildman–Crippen LogP) is 0.382. The smallest absolute Gasteiger partial charge is 0.318 e. The number of carbonyl (C=O) groups is 2. The maximum atomic E-state index is 12.1. The molecule has 8 nitrogen and oxygen atoms in total. The fraction of sp³-hybridized carbons (Fsp3) is 0.667. The fourth-order valence-corrected chi connectivity index (χ4v) is 2.39. The van der Waals surface area contributed by atoms with Crippen molar-refractivity contribution in [2.75, 3.05) is 13.1 Å². The van der Waals surface area contributed by atoms with Crippen LogP contribution >= 0.6 is 0 Å². The molecule has 0 aromatic carbocycles. The molecule has 110 valence electrons. The monoisotopic (exact) mass is 281 g/mol. The lowest BCUT2D eigenvalue weighted by Crippen LogP contribution is -2.47. The minimum atomic E-state index is -0.844. The van der Waals surface area contributed by atoms with Gasteiger partial charge in [-0.05, 0) is 19.8 Å². The third-order valence-electron chi connectivity index (χ3n) is 3.53. The van der Waals surface area contributed by atoms with Crippen LogP contribution in [-0.4, -0.2) is 49.9 Å². The number of piperidine rings is 1. The summed E-state index contributed by atoms with van der Waals surface area (Å²) in [7, 11) is 1.80. The number of aromatic nitrogens is 3. The predicted molar refractivity (Wildman–Crippen MR) is 69.9 cm³/mol. The number of hydrogen-bond donors (Lipinski definition) is 2. The molecule has 0 bridgehead atoms. The molecule has 0 spiro atoms. The largest absolute Gasteiger partial charge is 0.481 e. The maximum absolute atomic E-state index is 12.1. The highest BCUT2D eigenvalue weighted by atomic mass is 16.4. The van der Waals surface area contributed by atoms with Gasteiger partial charge in [-0.15, -0.1) is 10.2 Å². The van der Waals surface area contributed by atoms with Gasteiger partial charge in [-0.2, -0.15) is 0 Å². The van der Waals surface area contributed by atoms with E-state index in [4.69, 9.17) is 5.11 Å². The van der Waals surface area contributed by atoms with E-state index >= 15 is 0 Å². The Bertz CT molecular complexity index is 501. The van der Waals surface area contributed by atoms with E-state index in [2.05, 4.69) is 15.5 Å². The lowest BCUT2D eigenvalue weighted by atomic mass is 9.99. The molecule has 1 aliphatic heterocycles. The molecule has 0 radical (unpaired) electrons. The molecule has 8 heteroatoms. The van der Waals surface area contributed by atoms with Gasteiger partial charge in [-0.25, -0.2) is 4.79 Å². The Kier molecular flexibility index (Phi) is 4.21. The van der Waals surface area contributed by atoms with Crippen molar-refractivity contribution >= 4 is 12.0 Å². The van der Waals surface area contributed by atoms with Crippen LogP contribution in [0.3, 0.4) is 0 Å². The van der Waals surface area contributed by atoms with Gasteiger partial charge in [0.2, 0.25) is 0 Å². The summed E-state index contributed by atoms with van der Waals surface area (Å²) >= 11 is 0. The van der Waals surface area contributed by atoms with Crippen LogP contribution in [0.4, 0.5) is 4.79 Å². The molecule has 2 amide bonds. The average Bonchev–Trinajstić information content (AvgIpc) is 2.85. The molecule has 2 heterocycles. The zero-order valence-corrected chi connectivity index (χ0v) is 11.6. The van der Waals surface area contributed by atoms with Gasteiger partial charge in [0.15, 0.2) is 5.82 Å². The number of likely N-dealkylation sites (tertiary alicyclic amines) is 1. The van der Waals surface area contributed by atoms with Gasteiger partial charge in [-0.1, -0.05) is 0 Å². The number of aliphatic carboxylic acids is 1. The fourth-order valence-electron chi connectivity index (χ4n) is 2.39. The summed E-state index contributed by atoms with van der Waals surface area (Å²) in [6, 6.07) is -0.536. The second-order valence-corrected chi connectivity index (χ2v) is 5.09. The van der Waals surface area contributed by atoms with E-state index in [1.54, 1.807) is 22.8 Å². The van der Waals surface area contributed by atoms with E-state index in [1.807, 2.05) is 6.92 Å². The third kappa shape index (κ3) is 3.06. The second kappa shape index (κ2) is 5.89. The number of urea groups is 1. The van der Waals surface area contributed by atoms with Gasteiger partial charge in [0, 0.05) is 20.1 Å². The molecule has 1 fully saturated rings. The van der Waals surface area contributed by atoms with E-state index in [0.717, 1.165) is 0 Å². The molecule has 2 atom stereocenters. The highest BCUT2D eigenvalue weighted by molar-refractivity contribution is 5.76. The quantitative estimate of drug-likeness (QED) is 0.834. The van der Waals surface area contributed by atoms with Gasteiger partial charge in [-0.3, -0.25) is 4.79 Å². The zero-order chi connectivity index (χ0) is 14.7. The van der Waals surface area contributed by atoms with Crippen molar-refractivity contribution < 1.29 is 14.7 Å². The molecule has 1 aromatic heterocycles. The van der Waals surface area contributed by atoms with Crippen LogP contribution in [0.15, 0.2) is 6.33 Å². The van der Waals surface area contributed by atoms with Gasteiger partial charge in [0.05, 0.1) is 12.0 Å². The molecule has 0 aliphatic carbocycles. The number of amides is 2. The van der Waals surface area contributed by atoms with Crippen LogP contribution < -0.4 is 5.32 Å². The van der Waals surface area contributed by atoms with Crippen LogP contribution in [0, 0.1) is 5.92 Å². The van der Waals surface area contributed by atoms with Gasteiger partial charge >= 0.3 is 12.0 Å². The lowest BCUT2D eigenvalue weighted by Gasteiger charge is -2.31. The Hall–Kier alpha value is -2.12. The standard InChI is InChI=1S/C12H19N5O3/c1-8(10-15-13-7-16(10)2)14-12(20)17-5-3-4-9(6-17)11(18)19/h7-9H,3-6H2,1-2H3,(H,14,20)(H,18,19)/t8?,9-/m0/s1. The van der Waals surface area contributed by atoms with Crippen molar-refractivity contribution in [3.8, 4) is 0 Å². The second-order valence-electron chi connectivity index (χ2n) is 5.09. The van der Waals surface area contributed by atoms with Crippen LogP contribution in [0.2, 0.25) is 0 Å². The molecule has 2 rings (SSSR count). The van der Waals surface area contributed by atoms with E-state index in [0.29, 0.717) is 25.2 Å². The van der Waals surface area contributed by atoms with Crippen molar-refractivity contribution in [1.29, 1.82) is 0 Å². The molecule has 1 unspecified atom stereocenters. The maximum Gasteiger partial charge on any atom is 0.318 e. The molecule has 1 saturated heterocycles. The Balaban J connectivity index is 1.94. The molecular weight excluding hydrogens is 262 g/mol. The van der Waals surface area contributed by atoms with E-state index < -0.39 is 11.9 Å². The normalized spacial score (nSPS) is 20.5. The summed E-state index contributed by atoms with van der Waals surface area (Å²) in [5, 5.41) is 19.6. The van der Waals surface area contributed by atoms with Crippen molar-refractivity contribution in [2.24, 2.45) is 13.0 Å². The lowest BCUT2D eigenvalue weighted by molar-refractivity contribution is -0.143. The summed E-state index contributed by atoms with van der Waals surface area (Å²) in [4.78, 5) is 24.7. The Morgan fingerprint density at radius 1 is 1.55 bits per heavy atom. The summed E-state index contributed by atoms with van der Waals surface area (Å²) in [6.45, 7) is 2.66. The number of aryl methyl sites for hydroxylation is 1. The van der Waals surface area contributed by atoms with Gasteiger partial charge in [0.1, 0.15) is 6.33 Å². The first-order chi connectivity index (χ1) is 9.49. The topological polar surface area (TPSA) is 100 Å². The number of carbonyl (C=O) groups excluding carboxylic acids is 1. The minimum Gasteiger partial charge on any atom is -0.481 e. The number of nitrogens with zero attached hydrogens (tertiary/aromatic N) is 4. The van der Waals surface area contributed by atoms with Crippen molar-refractivity contribution in [3.05, 3.63) is 12.2 Å². The SMILES string of the molecule is CC(NC(=O)N1CCC[C@H](C(=O)O)C1)c1nncn1C. The average molecular weight is 281 g/mol. The zero-order valence-electron chi connectivity index (χ0n) is 11.6. The molecular formula is C12H19N5O3. The highest BCUT2D eigenvalue weighted by Crippen LogP contribution is 2.17. The first-order valence-electron chi connectivity index (χ1n) is 6.61. The summed E-state index contributed by atoms with van der Waals surface area (Å²) in [5.41, 5.74) is 0. The first-order valence-corrected chi connectivity index (χ1v) is 6.61. The number of nitrogens with one attached hydrogen (secondary N) is 1. The minimum absolute atomic E-state index is 0.257. The van der Waals surface area contributed by atoms with Crippen LogP contribution in [-0.2, 0) is 11.8 Å². The number of hydrogen-bond acceptors (Lipinski definition) is 4. The van der Waals surface area contributed by atoms with Crippen molar-refractivity contribution in [1.82, 2.24) is 25.0 Å². The Labute approximate surface area is 116 Å². The summed E-state index contributed by atoms with van der Waals surface area (Å²) < 4.78 is 1.74. The molecule has 1 aromatic rings. The Morgan fingerprint density at radius 2 is 2.30 bits per heavy atom. The van der Waals surface area contributed by atoms with Crippen LogP contribution in [0.1, 0.15) is 31.6 Å². The van der Waals surface area contributed by atoms with Crippen molar-refractivity contribution in [3.63, 3.8) is 0 Å². The van der Waals surface area contributed by atoms with Crippen LogP contribution in [0.5, 0.6) is 0 Å². The van der Waals surface area contributed by atoms with Gasteiger partial charge in [0.25, 0.3) is 0 Å². The number of rotatable bonds is 3. The summed E-state index contributed by atoms with van der Waals surface area (Å²) in [6.07, 6.45) is 2.90. The Morgan fingerprint density at radius 3 is 2.90 bits per heavy atom. The van der Waals surface area contributed by atoms with Crippen molar-refractivity contribution in [2.45, 2.75) is 25.8 Å². The molecule has 0 saturated carbocycles. The first kappa shape index (κ1) is 14.3. The molecule has 2 N–H and O–H groups in total. The van der Waals surface area contributed by atoms with E-state index in [9.17, 15) is 9.59 Å².